The second kappa shape index (κ2) is 5.40. The van der Waals surface area contributed by atoms with E-state index in [4.69, 9.17) is 4.99 Å². The third kappa shape index (κ3) is 2.26. The van der Waals surface area contributed by atoms with Crippen molar-refractivity contribution in [3.63, 3.8) is 0 Å². The Kier molecular flexibility index (Phi) is 3.33. The van der Waals surface area contributed by atoms with E-state index in [1.54, 1.807) is 12.3 Å². The van der Waals surface area contributed by atoms with E-state index in [2.05, 4.69) is 20.8 Å². The summed E-state index contributed by atoms with van der Waals surface area (Å²) in [7, 11) is 0. The highest BCUT2D eigenvalue weighted by Gasteiger charge is 2.35. The number of nitrogens with one attached hydrogen (secondary N) is 2. The molecule has 0 amide bonds. The molecule has 24 heavy (non-hydrogen) atoms. The number of nitrogens with zero attached hydrogens (tertiary/aromatic N) is 3. The zero-order chi connectivity index (χ0) is 16.8. The minimum atomic E-state index is -0.290. The van der Waals surface area contributed by atoms with Gasteiger partial charge in [0.15, 0.2) is 0 Å². The molecule has 122 valence electrons. The number of hydrazone groups is 1. The summed E-state index contributed by atoms with van der Waals surface area (Å²) in [5.74, 6) is 0.227. The Labute approximate surface area is 139 Å². The molecule has 0 aliphatic carbocycles. The zero-order valence-electron chi connectivity index (χ0n) is 13.8. The van der Waals surface area contributed by atoms with Crippen molar-refractivity contribution in [2.75, 3.05) is 5.32 Å². The number of halogens is 1. The molecule has 0 saturated heterocycles. The number of hydrogen-bond donors (Lipinski definition) is 2. The van der Waals surface area contributed by atoms with Crippen LogP contribution in [-0.4, -0.2) is 22.6 Å². The van der Waals surface area contributed by atoms with Crippen molar-refractivity contribution in [2.24, 2.45) is 10.1 Å². The molecule has 2 atom stereocenters. The van der Waals surface area contributed by atoms with Crippen LogP contribution in [0.25, 0.3) is 0 Å². The van der Waals surface area contributed by atoms with Gasteiger partial charge in [0.25, 0.3) is 0 Å². The Morgan fingerprint density at radius 1 is 1.17 bits per heavy atom. The van der Waals surface area contributed by atoms with Crippen LogP contribution < -0.4 is 10.7 Å². The number of anilines is 1. The predicted octanol–water partition coefficient (Wildman–Crippen LogP) is 3.10. The molecule has 2 unspecified atom stereocenters. The van der Waals surface area contributed by atoms with Gasteiger partial charge >= 0.3 is 0 Å². The van der Waals surface area contributed by atoms with Crippen molar-refractivity contribution in [3.05, 3.63) is 58.7 Å². The van der Waals surface area contributed by atoms with Gasteiger partial charge in [-0.3, -0.25) is 15.4 Å². The highest BCUT2D eigenvalue weighted by Crippen LogP contribution is 2.34. The summed E-state index contributed by atoms with van der Waals surface area (Å²) >= 11 is 0. The Balaban J connectivity index is 1.91. The summed E-state index contributed by atoms with van der Waals surface area (Å²) in [6, 6.07) is 6.82. The van der Waals surface area contributed by atoms with Crippen LogP contribution in [0, 0.1) is 19.7 Å². The Morgan fingerprint density at radius 2 is 2.00 bits per heavy atom. The van der Waals surface area contributed by atoms with Crippen LogP contribution in [0.3, 0.4) is 0 Å². The predicted molar refractivity (Wildman–Crippen MR) is 93.0 cm³/mol. The molecule has 0 radical (unpaired) electrons. The highest BCUT2D eigenvalue weighted by molar-refractivity contribution is 6.11. The fraction of sp³-hybridized carbons (Fsp3) is 0.278. The number of benzene rings is 1. The van der Waals surface area contributed by atoms with Crippen LogP contribution in [0.1, 0.15) is 35.3 Å². The van der Waals surface area contributed by atoms with Crippen LogP contribution in [-0.2, 0) is 0 Å². The Bertz CT molecular complexity index is 867. The summed E-state index contributed by atoms with van der Waals surface area (Å²) < 4.78 is 14.5. The zero-order valence-corrected chi connectivity index (χ0v) is 13.8. The molecule has 3 heterocycles. The molecule has 5 nitrogen and oxygen atoms in total. The first-order valence-corrected chi connectivity index (χ1v) is 7.91. The van der Waals surface area contributed by atoms with E-state index in [-0.39, 0.29) is 17.9 Å². The van der Waals surface area contributed by atoms with E-state index in [1.807, 2.05) is 32.9 Å². The average Bonchev–Trinajstić information content (AvgIpc) is 2.81. The molecule has 0 spiro atoms. The average molecular weight is 323 g/mol. The van der Waals surface area contributed by atoms with Gasteiger partial charge in [0.05, 0.1) is 29.2 Å². The number of amidine groups is 1. The van der Waals surface area contributed by atoms with Gasteiger partial charge in [-0.15, -0.1) is 0 Å². The first kappa shape index (κ1) is 14.8. The molecular weight excluding hydrogens is 305 g/mol. The summed E-state index contributed by atoms with van der Waals surface area (Å²) in [5, 5.41) is 7.63. The van der Waals surface area contributed by atoms with Gasteiger partial charge in [0.2, 0.25) is 0 Å². The van der Waals surface area contributed by atoms with E-state index >= 15 is 0 Å². The lowest BCUT2D eigenvalue weighted by Crippen LogP contribution is -2.24. The van der Waals surface area contributed by atoms with E-state index in [0.29, 0.717) is 11.4 Å². The molecule has 2 aliphatic rings. The second-order valence-corrected chi connectivity index (χ2v) is 6.25. The van der Waals surface area contributed by atoms with Crippen molar-refractivity contribution in [1.29, 1.82) is 0 Å². The first-order valence-electron chi connectivity index (χ1n) is 7.91. The lowest BCUT2D eigenvalue weighted by Gasteiger charge is -2.16. The van der Waals surface area contributed by atoms with Crippen LogP contribution in [0.15, 0.2) is 40.6 Å². The third-order valence-electron chi connectivity index (χ3n) is 4.51. The number of hydrogen-bond acceptors (Lipinski definition) is 5. The molecule has 2 aliphatic heterocycles. The topological polar surface area (TPSA) is 61.7 Å². The minimum absolute atomic E-state index is 0.0706. The first-order chi connectivity index (χ1) is 11.5. The maximum absolute atomic E-state index is 14.5. The van der Waals surface area contributed by atoms with Gasteiger partial charge in [-0.05, 0) is 38.5 Å². The molecule has 1 aromatic heterocycles. The summed E-state index contributed by atoms with van der Waals surface area (Å²) in [5.41, 5.74) is 8.15. The van der Waals surface area contributed by atoms with E-state index in [0.717, 1.165) is 28.2 Å². The van der Waals surface area contributed by atoms with Crippen LogP contribution in [0.2, 0.25) is 0 Å². The maximum Gasteiger partial charge on any atom is 0.136 e. The number of aryl methyl sites for hydroxylation is 2. The largest absolute Gasteiger partial charge is 0.338 e. The summed E-state index contributed by atoms with van der Waals surface area (Å²) in [4.78, 5) is 9.16. The molecule has 4 rings (SSSR count). The number of aliphatic imine (C=N–C) groups is 1. The smallest absolute Gasteiger partial charge is 0.136 e. The van der Waals surface area contributed by atoms with Gasteiger partial charge < -0.3 is 5.32 Å². The van der Waals surface area contributed by atoms with Crippen molar-refractivity contribution >= 4 is 17.2 Å². The highest BCUT2D eigenvalue weighted by atomic mass is 19.1. The molecular formula is C18H18FN5. The maximum atomic E-state index is 14.5. The Morgan fingerprint density at radius 3 is 2.79 bits per heavy atom. The van der Waals surface area contributed by atoms with E-state index < -0.39 is 0 Å². The van der Waals surface area contributed by atoms with Gasteiger partial charge in [0, 0.05) is 11.3 Å². The second-order valence-electron chi connectivity index (χ2n) is 6.25. The molecule has 6 heteroatoms. The van der Waals surface area contributed by atoms with Crippen molar-refractivity contribution in [2.45, 2.75) is 32.9 Å². The van der Waals surface area contributed by atoms with Crippen molar-refractivity contribution in [1.82, 2.24) is 10.4 Å². The number of pyridine rings is 1. The van der Waals surface area contributed by atoms with Gasteiger partial charge in [-0.2, -0.15) is 5.10 Å². The lowest BCUT2D eigenvalue weighted by molar-refractivity contribution is 0.573. The monoisotopic (exact) mass is 323 g/mol. The molecule has 0 saturated carbocycles. The van der Waals surface area contributed by atoms with Crippen LogP contribution >= 0.6 is 0 Å². The molecule has 2 aromatic rings. The number of aromatic nitrogens is 1. The SMILES string of the molecule is CC1=NNC2c3cc(C)ncc3NC(c3c(C)cccc3F)=NC12. The summed E-state index contributed by atoms with van der Waals surface area (Å²) in [6.07, 6.45) is 1.77. The number of fused-ring (bicyclic) bond motifs is 3. The van der Waals surface area contributed by atoms with Gasteiger partial charge in [-0.25, -0.2) is 4.39 Å². The number of rotatable bonds is 1. The van der Waals surface area contributed by atoms with E-state index in [9.17, 15) is 4.39 Å². The van der Waals surface area contributed by atoms with Crippen LogP contribution in [0.5, 0.6) is 0 Å². The lowest BCUT2D eigenvalue weighted by atomic mass is 9.98. The quantitative estimate of drug-likeness (QED) is 0.848. The van der Waals surface area contributed by atoms with Gasteiger partial charge in [0.1, 0.15) is 17.7 Å². The Hall–Kier alpha value is -2.76. The van der Waals surface area contributed by atoms with E-state index in [1.165, 1.54) is 6.07 Å². The normalized spacial score (nSPS) is 21.7. The molecule has 2 N–H and O–H groups in total. The van der Waals surface area contributed by atoms with Crippen LogP contribution in [0.4, 0.5) is 10.1 Å². The fourth-order valence-corrected chi connectivity index (χ4v) is 3.26. The standard InChI is InChI=1S/C18H18FN5/c1-9-5-4-6-13(19)15(9)18-21-14-8-20-10(2)7-12(14)17-16(22-18)11(3)23-24-17/h4-8,16-17,24H,1-3H3,(H,21,22). The molecule has 1 aromatic carbocycles. The molecule has 0 fully saturated rings. The fourth-order valence-electron chi connectivity index (χ4n) is 3.26. The third-order valence-corrected chi connectivity index (χ3v) is 4.51. The van der Waals surface area contributed by atoms with Crippen molar-refractivity contribution < 1.29 is 4.39 Å². The van der Waals surface area contributed by atoms with Gasteiger partial charge in [-0.1, -0.05) is 12.1 Å². The van der Waals surface area contributed by atoms with Crippen molar-refractivity contribution in [3.8, 4) is 0 Å². The summed E-state index contributed by atoms with van der Waals surface area (Å²) in [6.45, 7) is 5.77. The minimum Gasteiger partial charge on any atom is -0.338 e. The molecule has 0 bridgehead atoms.